The number of hydrogen-bond acceptors (Lipinski definition) is 5. The molecule has 0 bridgehead atoms. The summed E-state index contributed by atoms with van der Waals surface area (Å²) in [6.07, 6.45) is 0.526. The second-order valence-electron chi connectivity index (χ2n) is 4.24. The van der Waals surface area contributed by atoms with Crippen molar-refractivity contribution >= 4 is 33.5 Å². The average Bonchev–Trinajstić information content (AvgIpc) is 2.81. The lowest BCUT2D eigenvalue weighted by Crippen LogP contribution is -2.18. The van der Waals surface area contributed by atoms with Gasteiger partial charge in [-0.2, -0.15) is 20.2 Å². The Bertz CT molecular complexity index is 548. The zero-order chi connectivity index (χ0) is 13.9. The Kier molecular flexibility index (Phi) is 4.49. The van der Waals surface area contributed by atoms with E-state index in [0.29, 0.717) is 11.4 Å². The van der Waals surface area contributed by atoms with Crippen molar-refractivity contribution in [1.29, 1.82) is 0 Å². The third kappa shape index (κ3) is 3.95. The van der Waals surface area contributed by atoms with Crippen LogP contribution in [-0.4, -0.2) is 31.9 Å². The lowest BCUT2D eigenvalue weighted by Gasteiger charge is -2.11. The van der Waals surface area contributed by atoms with Crippen LogP contribution < -0.4 is 5.32 Å². The molecular weight excluding hydrogens is 286 g/mol. The summed E-state index contributed by atoms with van der Waals surface area (Å²) in [7, 11) is -3.71. The molecule has 19 heavy (non-hydrogen) atoms. The summed E-state index contributed by atoms with van der Waals surface area (Å²) in [5, 5.41) is 2.58. The quantitative estimate of drug-likeness (QED) is 0.859. The van der Waals surface area contributed by atoms with Crippen LogP contribution in [0.5, 0.6) is 0 Å². The number of thioether (sulfide) groups is 1. The van der Waals surface area contributed by atoms with E-state index in [1.165, 1.54) is 19.1 Å². The Morgan fingerprint density at radius 1 is 1.37 bits per heavy atom. The highest BCUT2D eigenvalue weighted by atomic mass is 32.2. The Labute approximate surface area is 116 Å². The molecule has 0 radical (unpaired) electrons. The molecule has 0 aromatic heterocycles. The number of hydrogen-bond donors (Lipinski definition) is 1. The molecule has 0 spiro atoms. The van der Waals surface area contributed by atoms with Gasteiger partial charge in [-0.1, -0.05) is 0 Å². The molecule has 0 aliphatic carbocycles. The standard InChI is InChI=1S/C12H15NO4S2/c1-9(14)13-10-2-4-12(5-3-10)19(15,16)17-11-6-7-18-8-11/h2-5,11H,6-8H2,1H3,(H,13,14)/t11-/m1/s1. The fourth-order valence-electron chi connectivity index (χ4n) is 1.73. The Balaban J connectivity index is 2.09. The topological polar surface area (TPSA) is 72.5 Å². The molecule has 0 saturated carbocycles. The maximum absolute atomic E-state index is 12.0. The van der Waals surface area contributed by atoms with E-state index in [-0.39, 0.29) is 16.9 Å². The Morgan fingerprint density at radius 3 is 2.58 bits per heavy atom. The van der Waals surface area contributed by atoms with E-state index >= 15 is 0 Å². The summed E-state index contributed by atoms with van der Waals surface area (Å²) in [5.74, 6) is 1.44. The highest BCUT2D eigenvalue weighted by Crippen LogP contribution is 2.25. The summed E-state index contributed by atoms with van der Waals surface area (Å²) in [5.41, 5.74) is 0.558. The molecule has 1 fully saturated rings. The first kappa shape index (κ1) is 14.4. The number of carbonyl (C=O) groups is 1. The molecule has 1 saturated heterocycles. The van der Waals surface area contributed by atoms with E-state index in [2.05, 4.69) is 5.32 Å². The van der Waals surface area contributed by atoms with Gasteiger partial charge >= 0.3 is 0 Å². The molecule has 0 unspecified atom stereocenters. The van der Waals surface area contributed by atoms with Crippen molar-refractivity contribution in [3.05, 3.63) is 24.3 Å². The number of carbonyl (C=O) groups excluding carboxylic acids is 1. The van der Waals surface area contributed by atoms with Gasteiger partial charge in [0.15, 0.2) is 0 Å². The van der Waals surface area contributed by atoms with Gasteiger partial charge in [-0.3, -0.25) is 8.98 Å². The van der Waals surface area contributed by atoms with Gasteiger partial charge < -0.3 is 5.32 Å². The van der Waals surface area contributed by atoms with Gasteiger partial charge in [0.2, 0.25) is 5.91 Å². The molecule has 1 heterocycles. The van der Waals surface area contributed by atoms with Crippen LogP contribution in [0.4, 0.5) is 5.69 Å². The van der Waals surface area contributed by atoms with Gasteiger partial charge in [0.1, 0.15) is 0 Å². The first-order chi connectivity index (χ1) is 8.97. The maximum Gasteiger partial charge on any atom is 0.297 e. The van der Waals surface area contributed by atoms with Crippen LogP contribution in [-0.2, 0) is 19.1 Å². The number of benzene rings is 1. The van der Waals surface area contributed by atoms with Crippen molar-refractivity contribution in [3.63, 3.8) is 0 Å². The molecule has 1 amide bonds. The number of rotatable bonds is 4. The lowest BCUT2D eigenvalue weighted by atomic mass is 10.3. The van der Waals surface area contributed by atoms with Gasteiger partial charge in [-0.15, -0.1) is 0 Å². The molecule has 1 aromatic carbocycles. The van der Waals surface area contributed by atoms with Crippen LogP contribution in [0, 0.1) is 0 Å². The third-order valence-electron chi connectivity index (χ3n) is 2.61. The zero-order valence-electron chi connectivity index (χ0n) is 10.5. The number of anilines is 1. The zero-order valence-corrected chi connectivity index (χ0v) is 12.1. The van der Waals surface area contributed by atoms with Crippen LogP contribution in [0.2, 0.25) is 0 Å². The summed E-state index contributed by atoms with van der Waals surface area (Å²) < 4.78 is 29.2. The molecule has 2 rings (SSSR count). The average molecular weight is 301 g/mol. The summed E-state index contributed by atoms with van der Waals surface area (Å²) in [6.45, 7) is 1.39. The van der Waals surface area contributed by atoms with Crippen LogP contribution in [0.1, 0.15) is 13.3 Å². The molecular formula is C12H15NO4S2. The summed E-state index contributed by atoms with van der Waals surface area (Å²) >= 11 is 1.69. The van der Waals surface area contributed by atoms with Crippen LogP contribution in [0.25, 0.3) is 0 Å². The number of amides is 1. The second-order valence-corrected chi connectivity index (χ2v) is 6.96. The minimum absolute atomic E-state index is 0.110. The van der Waals surface area contributed by atoms with Gasteiger partial charge in [-0.25, -0.2) is 0 Å². The Morgan fingerprint density at radius 2 is 2.05 bits per heavy atom. The molecule has 104 valence electrons. The van der Waals surface area contributed by atoms with E-state index in [1.54, 1.807) is 23.9 Å². The highest BCUT2D eigenvalue weighted by Gasteiger charge is 2.24. The van der Waals surface area contributed by atoms with Gasteiger partial charge in [0.25, 0.3) is 10.1 Å². The smallest absolute Gasteiger partial charge is 0.297 e. The Hall–Kier alpha value is -1.05. The van der Waals surface area contributed by atoms with Crippen molar-refractivity contribution in [3.8, 4) is 0 Å². The first-order valence-electron chi connectivity index (χ1n) is 5.86. The minimum Gasteiger partial charge on any atom is -0.326 e. The second kappa shape index (κ2) is 5.94. The van der Waals surface area contributed by atoms with Crippen molar-refractivity contribution in [2.75, 3.05) is 16.8 Å². The fourth-order valence-corrected chi connectivity index (χ4v) is 4.01. The van der Waals surface area contributed by atoms with Crippen molar-refractivity contribution in [2.45, 2.75) is 24.3 Å². The van der Waals surface area contributed by atoms with E-state index in [1.807, 2.05) is 0 Å². The van der Waals surface area contributed by atoms with Gasteiger partial charge in [0, 0.05) is 18.4 Å². The first-order valence-corrected chi connectivity index (χ1v) is 8.42. The predicted octanol–water partition coefficient (Wildman–Crippen LogP) is 1.86. The van der Waals surface area contributed by atoms with E-state index in [9.17, 15) is 13.2 Å². The van der Waals surface area contributed by atoms with Crippen LogP contribution in [0.15, 0.2) is 29.2 Å². The predicted molar refractivity (Wildman–Crippen MR) is 74.7 cm³/mol. The van der Waals surface area contributed by atoms with E-state index in [4.69, 9.17) is 4.18 Å². The van der Waals surface area contributed by atoms with Gasteiger partial charge in [-0.05, 0) is 36.4 Å². The van der Waals surface area contributed by atoms with E-state index in [0.717, 1.165) is 12.2 Å². The lowest BCUT2D eigenvalue weighted by molar-refractivity contribution is -0.114. The molecule has 1 N–H and O–H groups in total. The van der Waals surface area contributed by atoms with Crippen LogP contribution >= 0.6 is 11.8 Å². The van der Waals surface area contributed by atoms with Gasteiger partial charge in [0.05, 0.1) is 11.0 Å². The third-order valence-corrected chi connectivity index (χ3v) is 5.12. The molecule has 1 aromatic rings. The SMILES string of the molecule is CC(=O)Nc1ccc(S(=O)(=O)O[C@@H]2CCSC2)cc1. The maximum atomic E-state index is 12.0. The number of nitrogens with one attached hydrogen (secondary N) is 1. The monoisotopic (exact) mass is 301 g/mol. The molecule has 1 atom stereocenters. The van der Waals surface area contributed by atoms with Crippen molar-refractivity contribution < 1.29 is 17.4 Å². The molecule has 7 heteroatoms. The van der Waals surface area contributed by atoms with Crippen molar-refractivity contribution in [2.24, 2.45) is 0 Å². The molecule has 1 aliphatic rings. The summed E-state index contributed by atoms with van der Waals surface area (Å²) in [6, 6.07) is 5.95. The normalized spacial score (nSPS) is 19.3. The van der Waals surface area contributed by atoms with Crippen molar-refractivity contribution in [1.82, 2.24) is 0 Å². The minimum atomic E-state index is -3.71. The highest BCUT2D eigenvalue weighted by molar-refractivity contribution is 7.99. The molecule has 1 aliphatic heterocycles. The fraction of sp³-hybridized carbons (Fsp3) is 0.417. The summed E-state index contributed by atoms with van der Waals surface area (Å²) in [4.78, 5) is 11.0. The molecule has 5 nitrogen and oxygen atoms in total. The largest absolute Gasteiger partial charge is 0.326 e. The van der Waals surface area contributed by atoms with E-state index < -0.39 is 10.1 Å². The van der Waals surface area contributed by atoms with Crippen LogP contribution in [0.3, 0.4) is 0 Å².